The highest BCUT2D eigenvalue weighted by atomic mass is 19.3. The summed E-state index contributed by atoms with van der Waals surface area (Å²) in [6, 6.07) is 14.3. The first-order valence-electron chi connectivity index (χ1n) is 15.2. The highest BCUT2D eigenvalue weighted by Gasteiger charge is 2.47. The average Bonchev–Trinajstić information content (AvgIpc) is 3.05. The number of ether oxygens (including phenoxy) is 3. The maximum atomic E-state index is 14.9. The van der Waals surface area contributed by atoms with E-state index in [1.165, 1.54) is 12.1 Å². The summed E-state index contributed by atoms with van der Waals surface area (Å²) in [5.41, 5.74) is 1.99. The molecule has 13 nitrogen and oxygen atoms in total. The van der Waals surface area contributed by atoms with E-state index in [-0.39, 0.29) is 30.2 Å². The van der Waals surface area contributed by atoms with Gasteiger partial charge in [0.1, 0.15) is 29.7 Å². The number of halogens is 2. The van der Waals surface area contributed by atoms with Crippen LogP contribution in [0.5, 0.6) is 11.6 Å². The lowest BCUT2D eigenvalue weighted by molar-refractivity contribution is -0.159. The van der Waals surface area contributed by atoms with Gasteiger partial charge >= 0.3 is 5.92 Å². The number of nitrogens with zero attached hydrogens (tertiary/aromatic N) is 8. The normalized spacial score (nSPS) is 19.6. The van der Waals surface area contributed by atoms with Crippen molar-refractivity contribution in [2.24, 2.45) is 0 Å². The number of hydrogen-bond donors (Lipinski definition) is 1. The molecule has 0 spiro atoms. The number of methoxy groups -OCH3 is 1. The van der Waals surface area contributed by atoms with Gasteiger partial charge in [-0.2, -0.15) is 15.5 Å². The molecule has 0 saturated carbocycles. The molecule has 1 unspecified atom stereocenters. The Balaban J connectivity index is 1.12. The number of amides is 1. The zero-order valence-corrected chi connectivity index (χ0v) is 25.7. The molecule has 5 heterocycles. The lowest BCUT2D eigenvalue weighted by atomic mass is 10.0. The fraction of sp³-hybridized carbons (Fsp3) is 0.438. The van der Waals surface area contributed by atoms with E-state index in [2.05, 4.69) is 30.1 Å². The third-order valence-electron chi connectivity index (χ3n) is 8.50. The van der Waals surface area contributed by atoms with Crippen LogP contribution in [0.3, 0.4) is 0 Å². The SMILES string of the molecule is COc1nc(Nc2nccc(-c3ccc(OC4CCN(C(=O)CC#N)CC4(F)F)c(C#N)c3)n2)ccc1N1CCN(C2COC2)CC1. The van der Waals surface area contributed by atoms with Crippen LogP contribution < -0.4 is 19.7 Å². The monoisotopic (exact) mass is 645 g/mol. The Bertz CT molecular complexity index is 1700. The number of carbonyl (C=O) groups is 1. The highest BCUT2D eigenvalue weighted by Crippen LogP contribution is 2.34. The molecule has 0 aliphatic carbocycles. The number of anilines is 3. The van der Waals surface area contributed by atoms with E-state index in [0.29, 0.717) is 29.0 Å². The summed E-state index contributed by atoms with van der Waals surface area (Å²) >= 11 is 0. The first kappa shape index (κ1) is 31.8. The second kappa shape index (κ2) is 13.7. The molecule has 0 bridgehead atoms. The van der Waals surface area contributed by atoms with Crippen molar-refractivity contribution in [3.8, 4) is 35.0 Å². The molecule has 6 rings (SSSR count). The minimum Gasteiger partial charge on any atom is -0.483 e. The van der Waals surface area contributed by atoms with Crippen LogP contribution in [0.15, 0.2) is 42.6 Å². The van der Waals surface area contributed by atoms with Crippen molar-refractivity contribution in [3.05, 3.63) is 48.2 Å². The van der Waals surface area contributed by atoms with Crippen molar-refractivity contribution < 1.29 is 27.8 Å². The molecule has 1 N–H and O–H groups in total. The summed E-state index contributed by atoms with van der Waals surface area (Å²) in [5, 5.41) is 21.6. The van der Waals surface area contributed by atoms with Crippen LogP contribution in [0.4, 0.5) is 26.2 Å². The Hall–Kier alpha value is -5.12. The van der Waals surface area contributed by atoms with Gasteiger partial charge in [-0.3, -0.25) is 9.69 Å². The molecule has 3 fully saturated rings. The van der Waals surface area contributed by atoms with Crippen molar-refractivity contribution in [2.45, 2.75) is 30.9 Å². The van der Waals surface area contributed by atoms with E-state index in [9.17, 15) is 18.8 Å². The van der Waals surface area contributed by atoms with Gasteiger partial charge in [0.25, 0.3) is 0 Å². The predicted octanol–water partition coefficient (Wildman–Crippen LogP) is 3.21. The van der Waals surface area contributed by atoms with Crippen LogP contribution in [-0.2, 0) is 9.53 Å². The molecule has 3 saturated heterocycles. The molecular formula is C32H33F2N9O4. The number of alkyl halides is 2. The quantitative estimate of drug-likeness (QED) is 0.364. The molecule has 47 heavy (non-hydrogen) atoms. The fourth-order valence-corrected chi connectivity index (χ4v) is 5.84. The first-order valence-corrected chi connectivity index (χ1v) is 15.2. The van der Waals surface area contributed by atoms with E-state index in [1.807, 2.05) is 18.2 Å². The maximum Gasteiger partial charge on any atom is 0.301 e. The van der Waals surface area contributed by atoms with E-state index >= 15 is 0 Å². The molecule has 2 aromatic heterocycles. The summed E-state index contributed by atoms with van der Waals surface area (Å²) < 4.78 is 46.4. The van der Waals surface area contributed by atoms with Crippen molar-refractivity contribution in [2.75, 3.05) is 69.8 Å². The number of pyridine rings is 1. The van der Waals surface area contributed by atoms with Gasteiger partial charge in [0.15, 0.2) is 6.10 Å². The number of piperazine rings is 1. The molecule has 3 aliphatic rings. The van der Waals surface area contributed by atoms with Crippen LogP contribution in [0.1, 0.15) is 18.4 Å². The smallest absolute Gasteiger partial charge is 0.301 e. The van der Waals surface area contributed by atoms with Gasteiger partial charge in [0.05, 0.1) is 50.2 Å². The Kier molecular flexibility index (Phi) is 9.29. The van der Waals surface area contributed by atoms with Crippen LogP contribution >= 0.6 is 0 Å². The zero-order chi connectivity index (χ0) is 33.0. The van der Waals surface area contributed by atoms with Crippen molar-refractivity contribution in [3.63, 3.8) is 0 Å². The number of likely N-dealkylation sites (tertiary alicyclic amines) is 1. The Morgan fingerprint density at radius 3 is 2.60 bits per heavy atom. The molecule has 1 amide bonds. The number of benzene rings is 1. The van der Waals surface area contributed by atoms with Crippen LogP contribution in [-0.4, -0.2) is 108 Å². The highest BCUT2D eigenvalue weighted by molar-refractivity contribution is 5.78. The molecule has 1 aromatic carbocycles. The van der Waals surface area contributed by atoms with Crippen LogP contribution in [0, 0.1) is 22.7 Å². The Morgan fingerprint density at radius 2 is 1.91 bits per heavy atom. The standard InChI is InChI=1S/C32H33F2N9O4/c1-45-30-25(42-14-12-41(13-15-42)23-18-46-19-23)3-5-28(39-30)40-31-37-10-7-24(38-31)21-2-4-26(22(16-21)17-36)47-27-8-11-43(20-32(27,33)34)29(44)6-9-35/h2-5,7,10,16,23,27H,6,8,11-15,18-20H2,1H3,(H,37,38,39,40). The number of hydrogen-bond acceptors (Lipinski definition) is 12. The molecule has 244 valence electrons. The van der Waals surface area contributed by atoms with Crippen molar-refractivity contribution in [1.82, 2.24) is 24.8 Å². The van der Waals surface area contributed by atoms with Gasteiger partial charge in [-0.1, -0.05) is 0 Å². The minimum atomic E-state index is -3.36. The van der Waals surface area contributed by atoms with E-state index in [0.717, 1.165) is 50.0 Å². The molecule has 1 atom stereocenters. The number of nitriles is 2. The Morgan fingerprint density at radius 1 is 1.11 bits per heavy atom. The van der Waals surface area contributed by atoms with E-state index in [4.69, 9.17) is 19.5 Å². The zero-order valence-electron chi connectivity index (χ0n) is 25.7. The van der Waals surface area contributed by atoms with E-state index in [1.54, 1.807) is 31.5 Å². The number of nitrogens with one attached hydrogen (secondary N) is 1. The summed E-state index contributed by atoms with van der Waals surface area (Å²) in [6.07, 6.45) is -0.593. The largest absolute Gasteiger partial charge is 0.483 e. The Labute approximate surface area is 270 Å². The van der Waals surface area contributed by atoms with Gasteiger partial charge in [-0.15, -0.1) is 0 Å². The van der Waals surface area contributed by atoms with Gasteiger partial charge < -0.3 is 29.3 Å². The molecule has 3 aliphatic heterocycles. The van der Waals surface area contributed by atoms with Gasteiger partial charge in [0.2, 0.25) is 17.7 Å². The predicted molar refractivity (Wildman–Crippen MR) is 165 cm³/mol. The maximum absolute atomic E-state index is 14.9. The van der Waals surface area contributed by atoms with Crippen molar-refractivity contribution >= 4 is 23.4 Å². The number of piperidine rings is 1. The molecule has 0 radical (unpaired) electrons. The third-order valence-corrected chi connectivity index (χ3v) is 8.50. The minimum absolute atomic E-state index is 0.0000149. The van der Waals surface area contributed by atoms with Crippen LogP contribution in [0.2, 0.25) is 0 Å². The molecule has 15 heteroatoms. The summed E-state index contributed by atoms with van der Waals surface area (Å²) in [5.74, 6) is -2.79. The number of rotatable bonds is 9. The van der Waals surface area contributed by atoms with Gasteiger partial charge in [0, 0.05) is 50.9 Å². The van der Waals surface area contributed by atoms with Gasteiger partial charge in [-0.05, 0) is 36.4 Å². The summed E-state index contributed by atoms with van der Waals surface area (Å²) in [7, 11) is 1.58. The first-order chi connectivity index (χ1) is 22.8. The lowest BCUT2D eigenvalue weighted by Gasteiger charge is -2.43. The van der Waals surface area contributed by atoms with Crippen molar-refractivity contribution in [1.29, 1.82) is 10.5 Å². The second-order valence-electron chi connectivity index (χ2n) is 11.5. The topological polar surface area (TPSA) is 153 Å². The third kappa shape index (κ3) is 7.01. The van der Waals surface area contributed by atoms with Crippen LogP contribution in [0.25, 0.3) is 11.3 Å². The fourth-order valence-electron chi connectivity index (χ4n) is 5.84. The molecule has 3 aromatic rings. The second-order valence-corrected chi connectivity index (χ2v) is 11.5. The van der Waals surface area contributed by atoms with E-state index < -0.39 is 30.9 Å². The summed E-state index contributed by atoms with van der Waals surface area (Å²) in [4.78, 5) is 31.1. The summed E-state index contributed by atoms with van der Waals surface area (Å²) in [6.45, 7) is 4.35. The lowest BCUT2D eigenvalue weighted by Crippen LogP contribution is -2.56. The number of carbonyl (C=O) groups excluding carboxylic acids is 1. The average molecular weight is 646 g/mol. The number of aromatic nitrogens is 3. The molecular weight excluding hydrogens is 612 g/mol. The van der Waals surface area contributed by atoms with Gasteiger partial charge in [-0.25, -0.2) is 18.7 Å².